The summed E-state index contributed by atoms with van der Waals surface area (Å²) in [6.45, 7) is 2.57. The summed E-state index contributed by atoms with van der Waals surface area (Å²) in [7, 11) is 0. The van der Waals surface area contributed by atoms with E-state index in [9.17, 15) is 18.0 Å². The Kier molecular flexibility index (Phi) is 4.99. The second kappa shape index (κ2) is 7.01. The van der Waals surface area contributed by atoms with Crippen LogP contribution in [0.2, 0.25) is 0 Å². The van der Waals surface area contributed by atoms with Crippen molar-refractivity contribution in [3.63, 3.8) is 0 Å². The van der Waals surface area contributed by atoms with Crippen molar-refractivity contribution in [1.29, 1.82) is 0 Å². The molecule has 0 spiro atoms. The smallest absolute Gasteiger partial charge is 0.419 e. The third kappa shape index (κ3) is 3.83. The zero-order valence-corrected chi connectivity index (χ0v) is 13.3. The Hall–Kier alpha value is -1.76. The van der Waals surface area contributed by atoms with Gasteiger partial charge in [0.2, 0.25) is 5.91 Å². The molecule has 24 heavy (non-hydrogen) atoms. The van der Waals surface area contributed by atoms with Gasteiger partial charge >= 0.3 is 6.18 Å². The number of para-hydroxylation sites is 1. The lowest BCUT2D eigenvalue weighted by molar-refractivity contribution is -0.139. The molecule has 0 unspecified atom stereocenters. The molecule has 4 nitrogen and oxygen atoms in total. The first kappa shape index (κ1) is 17.1. The molecule has 2 aliphatic heterocycles. The number of ether oxygens (including phenoxy) is 1. The van der Waals surface area contributed by atoms with E-state index in [-0.39, 0.29) is 30.2 Å². The highest BCUT2D eigenvalue weighted by Crippen LogP contribution is 2.36. The van der Waals surface area contributed by atoms with Crippen molar-refractivity contribution in [1.82, 2.24) is 10.2 Å². The van der Waals surface area contributed by atoms with Gasteiger partial charge < -0.3 is 10.1 Å². The first-order chi connectivity index (χ1) is 11.4. The maximum Gasteiger partial charge on any atom is 0.419 e. The Labute approximate surface area is 139 Å². The summed E-state index contributed by atoms with van der Waals surface area (Å²) in [5.74, 6) is 0.193. The van der Waals surface area contributed by atoms with E-state index >= 15 is 0 Å². The van der Waals surface area contributed by atoms with E-state index in [2.05, 4.69) is 10.2 Å². The van der Waals surface area contributed by atoms with E-state index in [1.165, 1.54) is 12.1 Å². The normalized spacial score (nSPS) is 23.3. The van der Waals surface area contributed by atoms with Crippen molar-refractivity contribution >= 4 is 5.91 Å². The Balaban J connectivity index is 1.52. The fourth-order valence-corrected chi connectivity index (χ4v) is 3.39. The zero-order chi connectivity index (χ0) is 17.2. The van der Waals surface area contributed by atoms with Gasteiger partial charge in [0.1, 0.15) is 5.75 Å². The van der Waals surface area contributed by atoms with Crippen molar-refractivity contribution < 1.29 is 22.7 Å². The Morgan fingerprint density at radius 1 is 1.17 bits per heavy atom. The molecule has 1 N–H and O–H groups in total. The number of nitrogens with one attached hydrogen (secondary N) is 1. The van der Waals surface area contributed by atoms with Gasteiger partial charge in [0.05, 0.1) is 18.2 Å². The molecular weight excluding hydrogens is 321 g/mol. The number of likely N-dealkylation sites (tertiary alicyclic amines) is 1. The predicted octanol–water partition coefficient (Wildman–Crippen LogP) is 2.68. The van der Waals surface area contributed by atoms with E-state index in [0.29, 0.717) is 0 Å². The number of hydrogen-bond acceptors (Lipinski definition) is 3. The summed E-state index contributed by atoms with van der Waals surface area (Å²) >= 11 is 0. The van der Waals surface area contributed by atoms with Crippen LogP contribution in [0.15, 0.2) is 24.3 Å². The molecule has 0 radical (unpaired) electrons. The molecule has 2 fully saturated rings. The quantitative estimate of drug-likeness (QED) is 0.915. The number of benzene rings is 1. The highest BCUT2D eigenvalue weighted by atomic mass is 19.4. The summed E-state index contributed by atoms with van der Waals surface area (Å²) in [6, 6.07) is 5.27. The van der Waals surface area contributed by atoms with Crippen LogP contribution in [0.1, 0.15) is 24.8 Å². The third-order valence-corrected chi connectivity index (χ3v) is 4.78. The molecular formula is C17H21F3N2O2. The molecule has 1 aromatic rings. The highest BCUT2D eigenvalue weighted by molar-refractivity contribution is 5.83. The fraction of sp³-hybridized carbons (Fsp3) is 0.588. The highest BCUT2D eigenvalue weighted by Gasteiger charge is 2.35. The molecule has 0 bridgehead atoms. The molecule has 0 aliphatic carbocycles. The lowest BCUT2D eigenvalue weighted by Crippen LogP contribution is -2.45. The lowest BCUT2D eigenvalue weighted by Gasteiger charge is -2.34. The van der Waals surface area contributed by atoms with Crippen LogP contribution < -0.4 is 10.1 Å². The number of amides is 1. The van der Waals surface area contributed by atoms with Gasteiger partial charge in [-0.1, -0.05) is 12.1 Å². The molecule has 2 heterocycles. The molecule has 132 valence electrons. The third-order valence-electron chi connectivity index (χ3n) is 4.78. The van der Waals surface area contributed by atoms with Crippen molar-refractivity contribution in [3.05, 3.63) is 29.8 Å². The zero-order valence-electron chi connectivity index (χ0n) is 13.3. The molecule has 0 saturated carbocycles. The Morgan fingerprint density at radius 3 is 2.50 bits per heavy atom. The van der Waals surface area contributed by atoms with Crippen LogP contribution >= 0.6 is 0 Å². The lowest BCUT2D eigenvalue weighted by atomic mass is 9.96. The van der Waals surface area contributed by atoms with Gasteiger partial charge in [-0.25, -0.2) is 0 Å². The summed E-state index contributed by atoms with van der Waals surface area (Å²) in [4.78, 5) is 13.9. The maximum atomic E-state index is 13.0. The molecule has 1 atom stereocenters. The number of alkyl halides is 3. The minimum absolute atomic E-state index is 0.0437. The summed E-state index contributed by atoms with van der Waals surface area (Å²) in [6.07, 6.45) is -1.91. The van der Waals surface area contributed by atoms with Gasteiger partial charge in [0, 0.05) is 6.54 Å². The predicted molar refractivity (Wildman–Crippen MR) is 82.7 cm³/mol. The first-order valence-corrected chi connectivity index (χ1v) is 8.26. The van der Waals surface area contributed by atoms with E-state index < -0.39 is 11.7 Å². The van der Waals surface area contributed by atoms with Gasteiger partial charge in [-0.05, 0) is 50.4 Å². The summed E-state index contributed by atoms with van der Waals surface area (Å²) < 4.78 is 44.3. The van der Waals surface area contributed by atoms with Gasteiger partial charge in [-0.15, -0.1) is 0 Å². The molecule has 1 amide bonds. The number of halogens is 3. The Morgan fingerprint density at radius 2 is 1.88 bits per heavy atom. The molecule has 7 heteroatoms. The van der Waals surface area contributed by atoms with Crippen LogP contribution in [0.5, 0.6) is 5.75 Å². The number of carbonyl (C=O) groups is 1. The average Bonchev–Trinajstić information content (AvgIpc) is 2.99. The molecule has 0 aromatic heterocycles. The standard InChI is InChI=1S/C17H21F3N2O2/c18-17(19,20)13-3-1-2-4-15(13)24-11-12-6-9-22(10-7-12)14-5-8-21-16(14)23/h1-4,12,14H,5-11H2,(H,21,23)/t14-/m0/s1. The van der Waals surface area contributed by atoms with Crippen molar-refractivity contribution in [2.24, 2.45) is 5.92 Å². The van der Waals surface area contributed by atoms with Gasteiger partial charge in [0.15, 0.2) is 0 Å². The topological polar surface area (TPSA) is 41.6 Å². The van der Waals surface area contributed by atoms with Crippen LogP contribution in [-0.2, 0) is 11.0 Å². The number of nitrogens with zero attached hydrogens (tertiary/aromatic N) is 1. The SMILES string of the molecule is O=C1NCC[C@@H]1N1CCC(COc2ccccc2C(F)(F)F)CC1. The summed E-state index contributed by atoms with van der Waals surface area (Å²) in [5.41, 5.74) is -0.731. The monoisotopic (exact) mass is 342 g/mol. The number of piperidine rings is 1. The van der Waals surface area contributed by atoms with Crippen LogP contribution in [-0.4, -0.2) is 43.1 Å². The number of hydrogen-bond donors (Lipinski definition) is 1. The van der Waals surface area contributed by atoms with Crippen LogP contribution in [0.25, 0.3) is 0 Å². The second-order valence-electron chi connectivity index (χ2n) is 6.38. The van der Waals surface area contributed by atoms with Crippen LogP contribution in [0, 0.1) is 5.92 Å². The van der Waals surface area contributed by atoms with Crippen LogP contribution in [0.3, 0.4) is 0 Å². The molecule has 3 rings (SSSR count). The summed E-state index contributed by atoms with van der Waals surface area (Å²) in [5, 5.41) is 2.83. The van der Waals surface area contributed by atoms with Crippen molar-refractivity contribution in [3.8, 4) is 5.75 Å². The van der Waals surface area contributed by atoms with Crippen LogP contribution in [0.4, 0.5) is 13.2 Å². The second-order valence-corrected chi connectivity index (χ2v) is 6.38. The number of carbonyl (C=O) groups excluding carboxylic acids is 1. The largest absolute Gasteiger partial charge is 0.493 e. The molecule has 2 saturated heterocycles. The van der Waals surface area contributed by atoms with E-state index in [1.807, 2.05) is 0 Å². The Bertz CT molecular complexity index is 583. The van der Waals surface area contributed by atoms with Gasteiger partial charge in [-0.2, -0.15) is 13.2 Å². The van der Waals surface area contributed by atoms with Gasteiger partial charge in [0.25, 0.3) is 0 Å². The maximum absolute atomic E-state index is 13.0. The van der Waals surface area contributed by atoms with E-state index in [0.717, 1.165) is 45.0 Å². The fourth-order valence-electron chi connectivity index (χ4n) is 3.39. The first-order valence-electron chi connectivity index (χ1n) is 8.26. The minimum Gasteiger partial charge on any atom is -0.493 e. The molecule has 1 aromatic carbocycles. The molecule has 2 aliphatic rings. The average molecular weight is 342 g/mol. The van der Waals surface area contributed by atoms with E-state index in [4.69, 9.17) is 4.74 Å². The van der Waals surface area contributed by atoms with Crippen molar-refractivity contribution in [2.45, 2.75) is 31.5 Å². The minimum atomic E-state index is -4.41. The van der Waals surface area contributed by atoms with Crippen molar-refractivity contribution in [2.75, 3.05) is 26.2 Å². The van der Waals surface area contributed by atoms with Gasteiger partial charge in [-0.3, -0.25) is 9.69 Å². The number of rotatable bonds is 4. The van der Waals surface area contributed by atoms with E-state index in [1.54, 1.807) is 6.07 Å².